The first-order valence-electron chi connectivity index (χ1n) is 6.44. The molecule has 24 heavy (non-hydrogen) atoms. The third-order valence-electron chi connectivity index (χ3n) is 2.72. The van der Waals surface area contributed by atoms with E-state index in [1.807, 2.05) is 0 Å². The molecule has 0 fully saturated rings. The van der Waals surface area contributed by atoms with Crippen LogP contribution in [0, 0.1) is 6.92 Å². The number of anilines is 1. The SMILES string of the molecule is Cc1cc(C(=O)OCC(=O)Nc2ccc(Cl)c(C(F)(F)F)c2)on1. The lowest BCUT2D eigenvalue weighted by Gasteiger charge is -2.11. The Bertz CT molecular complexity index is 774. The van der Waals surface area contributed by atoms with Gasteiger partial charge in [0.05, 0.1) is 16.3 Å². The van der Waals surface area contributed by atoms with Crippen LogP contribution in [-0.2, 0) is 15.7 Å². The largest absolute Gasteiger partial charge is 0.450 e. The third-order valence-corrected chi connectivity index (χ3v) is 3.05. The highest BCUT2D eigenvalue weighted by Crippen LogP contribution is 2.36. The molecule has 1 heterocycles. The second-order valence-corrected chi connectivity index (χ2v) is 5.06. The molecule has 0 bridgehead atoms. The number of alkyl halides is 3. The van der Waals surface area contributed by atoms with Gasteiger partial charge < -0.3 is 14.6 Å². The number of rotatable bonds is 4. The summed E-state index contributed by atoms with van der Waals surface area (Å²) >= 11 is 5.47. The van der Waals surface area contributed by atoms with E-state index in [0.29, 0.717) is 11.8 Å². The van der Waals surface area contributed by atoms with Gasteiger partial charge in [0.2, 0.25) is 5.76 Å². The van der Waals surface area contributed by atoms with Crippen LogP contribution in [0.25, 0.3) is 0 Å². The molecule has 0 spiro atoms. The zero-order chi connectivity index (χ0) is 17.9. The number of nitrogens with zero attached hydrogens (tertiary/aromatic N) is 1. The van der Waals surface area contributed by atoms with Crippen molar-refractivity contribution in [2.24, 2.45) is 0 Å². The number of esters is 1. The van der Waals surface area contributed by atoms with Crippen LogP contribution in [0.2, 0.25) is 5.02 Å². The number of nitrogens with one attached hydrogen (secondary N) is 1. The van der Waals surface area contributed by atoms with Gasteiger partial charge in [0.1, 0.15) is 0 Å². The fourth-order valence-corrected chi connectivity index (χ4v) is 1.90. The van der Waals surface area contributed by atoms with E-state index in [2.05, 4.69) is 19.7 Å². The Hall–Kier alpha value is -2.55. The summed E-state index contributed by atoms with van der Waals surface area (Å²) in [4.78, 5) is 23.2. The van der Waals surface area contributed by atoms with E-state index in [-0.39, 0.29) is 11.4 Å². The number of carbonyl (C=O) groups excluding carboxylic acids is 2. The highest BCUT2D eigenvalue weighted by Gasteiger charge is 2.33. The summed E-state index contributed by atoms with van der Waals surface area (Å²) in [6.07, 6.45) is -4.66. The van der Waals surface area contributed by atoms with E-state index < -0.39 is 35.2 Å². The molecule has 0 radical (unpaired) electrons. The first-order chi connectivity index (χ1) is 11.2. The Morgan fingerprint density at radius 1 is 1.33 bits per heavy atom. The van der Waals surface area contributed by atoms with E-state index in [0.717, 1.165) is 6.07 Å². The van der Waals surface area contributed by atoms with E-state index in [9.17, 15) is 22.8 Å². The Morgan fingerprint density at radius 2 is 2.04 bits per heavy atom. The Kier molecular flexibility index (Phi) is 5.13. The Morgan fingerprint density at radius 3 is 2.62 bits per heavy atom. The summed E-state index contributed by atoms with van der Waals surface area (Å²) in [5.41, 5.74) is -0.772. The number of hydrogen-bond acceptors (Lipinski definition) is 5. The smallest absolute Gasteiger partial charge is 0.417 e. The van der Waals surface area contributed by atoms with Crippen LogP contribution in [-0.4, -0.2) is 23.6 Å². The van der Waals surface area contributed by atoms with Gasteiger partial charge in [-0.25, -0.2) is 4.79 Å². The molecule has 0 saturated carbocycles. The van der Waals surface area contributed by atoms with Crippen LogP contribution in [0.4, 0.5) is 18.9 Å². The molecule has 0 unspecified atom stereocenters. The van der Waals surface area contributed by atoms with Crippen molar-refractivity contribution < 1.29 is 32.0 Å². The molecule has 6 nitrogen and oxygen atoms in total. The van der Waals surface area contributed by atoms with Crippen LogP contribution in [0.5, 0.6) is 0 Å². The molecule has 1 amide bonds. The third kappa shape index (κ3) is 4.48. The summed E-state index contributed by atoms with van der Waals surface area (Å²) in [7, 11) is 0. The maximum atomic E-state index is 12.7. The molecule has 1 N–H and O–H groups in total. The quantitative estimate of drug-likeness (QED) is 0.842. The number of aromatic nitrogens is 1. The normalized spacial score (nSPS) is 11.2. The average Bonchev–Trinajstić information content (AvgIpc) is 2.92. The predicted octanol–water partition coefficient (Wildman–Crippen LogP) is 3.45. The van der Waals surface area contributed by atoms with Crippen molar-refractivity contribution in [2.75, 3.05) is 11.9 Å². The highest BCUT2D eigenvalue weighted by molar-refractivity contribution is 6.31. The second kappa shape index (κ2) is 6.91. The molecule has 0 atom stereocenters. The zero-order valence-electron chi connectivity index (χ0n) is 12.1. The minimum atomic E-state index is -4.66. The molecule has 0 saturated heterocycles. The molecule has 0 aliphatic rings. The van der Waals surface area contributed by atoms with Crippen molar-refractivity contribution in [1.82, 2.24) is 5.16 Å². The number of benzene rings is 1. The van der Waals surface area contributed by atoms with Crippen LogP contribution in [0.1, 0.15) is 21.8 Å². The average molecular weight is 363 g/mol. The van der Waals surface area contributed by atoms with Gasteiger partial charge in [0.15, 0.2) is 6.61 Å². The Balaban J connectivity index is 1.96. The zero-order valence-corrected chi connectivity index (χ0v) is 12.9. The molecule has 0 aliphatic carbocycles. The lowest BCUT2D eigenvalue weighted by Crippen LogP contribution is -2.21. The van der Waals surface area contributed by atoms with Gasteiger partial charge in [-0.05, 0) is 25.1 Å². The van der Waals surface area contributed by atoms with Gasteiger partial charge >= 0.3 is 12.1 Å². The minimum absolute atomic E-state index is 0.136. The molecule has 0 aliphatic heterocycles. The van der Waals surface area contributed by atoms with Gasteiger partial charge in [0, 0.05) is 11.8 Å². The van der Waals surface area contributed by atoms with Gasteiger partial charge in [0.25, 0.3) is 5.91 Å². The summed E-state index contributed by atoms with van der Waals surface area (Å²) in [5, 5.41) is 5.16. The van der Waals surface area contributed by atoms with E-state index in [4.69, 9.17) is 11.6 Å². The van der Waals surface area contributed by atoms with E-state index in [1.54, 1.807) is 6.92 Å². The van der Waals surface area contributed by atoms with Crippen molar-refractivity contribution in [3.8, 4) is 0 Å². The van der Waals surface area contributed by atoms with Gasteiger partial charge in [-0.3, -0.25) is 4.79 Å². The molecule has 1 aromatic heterocycles. The van der Waals surface area contributed by atoms with Crippen molar-refractivity contribution in [3.63, 3.8) is 0 Å². The summed E-state index contributed by atoms with van der Waals surface area (Å²) in [5.74, 6) is -1.93. The molecule has 1 aromatic carbocycles. The van der Waals surface area contributed by atoms with E-state index >= 15 is 0 Å². The topological polar surface area (TPSA) is 81.4 Å². The molecular weight excluding hydrogens is 353 g/mol. The number of halogens is 4. The maximum Gasteiger partial charge on any atom is 0.417 e. The van der Waals surface area contributed by atoms with Crippen LogP contribution in [0.15, 0.2) is 28.8 Å². The second-order valence-electron chi connectivity index (χ2n) is 4.65. The lowest BCUT2D eigenvalue weighted by atomic mass is 10.2. The fraction of sp³-hybridized carbons (Fsp3) is 0.214. The van der Waals surface area contributed by atoms with Crippen molar-refractivity contribution >= 4 is 29.2 Å². The van der Waals surface area contributed by atoms with Gasteiger partial charge in [-0.1, -0.05) is 16.8 Å². The lowest BCUT2D eigenvalue weighted by molar-refractivity contribution is -0.137. The standard InChI is InChI=1S/C14H10ClF3N2O4/c1-7-4-11(24-20-7)13(22)23-6-12(21)19-8-2-3-10(15)9(5-8)14(16,17)18/h2-5H,6H2,1H3,(H,19,21). The van der Waals surface area contributed by atoms with Gasteiger partial charge in [-0.2, -0.15) is 13.2 Å². The van der Waals surface area contributed by atoms with Crippen LogP contribution < -0.4 is 5.32 Å². The number of carbonyl (C=O) groups is 2. The van der Waals surface area contributed by atoms with Crippen molar-refractivity contribution in [3.05, 3.63) is 46.3 Å². The maximum absolute atomic E-state index is 12.7. The van der Waals surface area contributed by atoms with E-state index in [1.165, 1.54) is 12.1 Å². The number of hydrogen-bond donors (Lipinski definition) is 1. The van der Waals surface area contributed by atoms with Gasteiger partial charge in [-0.15, -0.1) is 0 Å². The monoisotopic (exact) mass is 362 g/mol. The Labute approximate surface area is 138 Å². The summed E-state index contributed by atoms with van der Waals surface area (Å²) in [6.45, 7) is 0.883. The van der Waals surface area contributed by atoms with Crippen molar-refractivity contribution in [1.29, 1.82) is 0 Å². The molecule has 2 rings (SSSR count). The summed E-state index contributed by atoms with van der Waals surface area (Å²) in [6, 6.07) is 4.19. The number of ether oxygens (including phenoxy) is 1. The minimum Gasteiger partial charge on any atom is -0.450 e. The number of aryl methyl sites for hydroxylation is 1. The molecule has 2 aromatic rings. The highest BCUT2D eigenvalue weighted by atomic mass is 35.5. The predicted molar refractivity (Wildman–Crippen MR) is 76.6 cm³/mol. The first-order valence-corrected chi connectivity index (χ1v) is 6.81. The van der Waals surface area contributed by atoms with Crippen LogP contribution >= 0.6 is 11.6 Å². The summed E-state index contributed by atoms with van der Waals surface area (Å²) < 4.78 is 47.5. The first kappa shape index (κ1) is 17.8. The fourth-order valence-electron chi connectivity index (χ4n) is 1.68. The number of amides is 1. The molecular formula is C14H10ClF3N2O4. The van der Waals surface area contributed by atoms with Crippen molar-refractivity contribution in [2.45, 2.75) is 13.1 Å². The van der Waals surface area contributed by atoms with Crippen LogP contribution in [0.3, 0.4) is 0 Å². The molecule has 10 heteroatoms. The molecule has 128 valence electrons.